The van der Waals surface area contributed by atoms with Crippen molar-refractivity contribution in [1.82, 2.24) is 9.80 Å². The molecule has 0 aliphatic carbocycles. The zero-order valence-corrected chi connectivity index (χ0v) is 12.2. The van der Waals surface area contributed by atoms with E-state index in [2.05, 4.69) is 55.3 Å². The monoisotopic (exact) mass is 255 g/mol. The van der Waals surface area contributed by atoms with Crippen molar-refractivity contribution in [2.24, 2.45) is 5.73 Å². The van der Waals surface area contributed by atoms with Gasteiger partial charge in [-0.1, -0.05) is 13.0 Å². The maximum atomic E-state index is 5.96. The van der Waals surface area contributed by atoms with Crippen LogP contribution in [0.25, 0.3) is 0 Å². The Balaban J connectivity index is 2.76. The minimum atomic E-state index is 0.356. The van der Waals surface area contributed by atoms with Crippen LogP contribution in [0.15, 0.2) is 17.5 Å². The Morgan fingerprint density at radius 1 is 1.41 bits per heavy atom. The molecule has 1 aromatic heterocycles. The number of nitrogens with zero attached hydrogens (tertiary/aromatic N) is 2. The first-order chi connectivity index (χ1) is 8.10. The van der Waals surface area contributed by atoms with E-state index >= 15 is 0 Å². The first kappa shape index (κ1) is 14.6. The van der Waals surface area contributed by atoms with Crippen molar-refractivity contribution in [3.05, 3.63) is 22.4 Å². The Bertz CT molecular complexity index is 298. The van der Waals surface area contributed by atoms with Crippen molar-refractivity contribution in [2.45, 2.75) is 25.9 Å². The minimum Gasteiger partial charge on any atom is -0.329 e. The molecule has 0 saturated carbocycles. The molecule has 0 aliphatic rings. The second-order valence-electron chi connectivity index (χ2n) is 4.71. The van der Waals surface area contributed by atoms with Gasteiger partial charge in [0.1, 0.15) is 0 Å². The molecule has 1 aromatic rings. The summed E-state index contributed by atoms with van der Waals surface area (Å²) in [4.78, 5) is 6.10. The number of hydrogen-bond acceptors (Lipinski definition) is 4. The lowest BCUT2D eigenvalue weighted by atomic mass is 10.1. The van der Waals surface area contributed by atoms with Gasteiger partial charge >= 0.3 is 0 Å². The summed E-state index contributed by atoms with van der Waals surface area (Å²) < 4.78 is 0. The van der Waals surface area contributed by atoms with Crippen molar-refractivity contribution >= 4 is 11.3 Å². The fraction of sp³-hybridized carbons (Fsp3) is 0.692. The lowest BCUT2D eigenvalue weighted by Crippen LogP contribution is -2.44. The standard InChI is InChI=1S/C13H25N3S/c1-5-16(11(2)10-15(3)4)12(9-14)13-7-6-8-17-13/h6-8,11-12H,5,9-10,14H2,1-4H3. The van der Waals surface area contributed by atoms with Crippen LogP contribution < -0.4 is 5.73 Å². The van der Waals surface area contributed by atoms with Crippen LogP contribution >= 0.6 is 11.3 Å². The van der Waals surface area contributed by atoms with E-state index in [1.807, 2.05) is 0 Å². The van der Waals surface area contributed by atoms with Gasteiger partial charge in [0.2, 0.25) is 0 Å². The highest BCUT2D eigenvalue weighted by Crippen LogP contribution is 2.25. The van der Waals surface area contributed by atoms with E-state index in [1.54, 1.807) is 11.3 Å². The fourth-order valence-corrected chi connectivity index (χ4v) is 3.23. The summed E-state index contributed by atoms with van der Waals surface area (Å²) >= 11 is 1.80. The number of nitrogens with two attached hydrogens (primary N) is 1. The van der Waals surface area contributed by atoms with Crippen molar-refractivity contribution in [2.75, 3.05) is 33.7 Å². The first-order valence-electron chi connectivity index (χ1n) is 6.24. The largest absolute Gasteiger partial charge is 0.329 e. The molecule has 0 saturated heterocycles. The number of rotatable bonds is 7. The third kappa shape index (κ3) is 4.07. The Morgan fingerprint density at radius 3 is 2.53 bits per heavy atom. The van der Waals surface area contributed by atoms with E-state index in [-0.39, 0.29) is 0 Å². The molecule has 0 radical (unpaired) electrons. The molecule has 17 heavy (non-hydrogen) atoms. The van der Waals surface area contributed by atoms with Crippen LogP contribution in [0.2, 0.25) is 0 Å². The molecule has 3 nitrogen and oxygen atoms in total. The highest BCUT2D eigenvalue weighted by atomic mass is 32.1. The summed E-state index contributed by atoms with van der Waals surface area (Å²) in [6.07, 6.45) is 0. The van der Waals surface area contributed by atoms with Crippen molar-refractivity contribution in [1.29, 1.82) is 0 Å². The molecular weight excluding hydrogens is 230 g/mol. The van der Waals surface area contributed by atoms with Gasteiger partial charge in [0.25, 0.3) is 0 Å². The van der Waals surface area contributed by atoms with Crippen LogP contribution in [-0.4, -0.2) is 49.6 Å². The van der Waals surface area contributed by atoms with E-state index in [1.165, 1.54) is 4.88 Å². The summed E-state index contributed by atoms with van der Waals surface area (Å²) in [5, 5.41) is 2.13. The molecule has 1 rings (SSSR count). The SMILES string of the molecule is CCN(C(C)CN(C)C)C(CN)c1cccs1. The molecule has 0 spiro atoms. The molecular formula is C13H25N3S. The Hall–Kier alpha value is -0.420. The zero-order valence-electron chi connectivity index (χ0n) is 11.4. The van der Waals surface area contributed by atoms with Gasteiger partial charge in [0.05, 0.1) is 6.04 Å². The smallest absolute Gasteiger partial charge is 0.0567 e. The second kappa shape index (κ2) is 7.11. The van der Waals surface area contributed by atoms with Crippen LogP contribution in [0.5, 0.6) is 0 Å². The zero-order chi connectivity index (χ0) is 12.8. The van der Waals surface area contributed by atoms with Gasteiger partial charge in [-0.05, 0) is 39.0 Å². The van der Waals surface area contributed by atoms with Gasteiger partial charge in [0, 0.05) is 24.0 Å². The van der Waals surface area contributed by atoms with Gasteiger partial charge in [0.15, 0.2) is 0 Å². The maximum Gasteiger partial charge on any atom is 0.0567 e. The lowest BCUT2D eigenvalue weighted by Gasteiger charge is -2.35. The normalized spacial score (nSPS) is 15.5. The molecule has 0 fully saturated rings. The quantitative estimate of drug-likeness (QED) is 0.809. The van der Waals surface area contributed by atoms with E-state index in [0.717, 1.165) is 13.1 Å². The van der Waals surface area contributed by atoms with Crippen LogP contribution in [0, 0.1) is 0 Å². The molecule has 0 aromatic carbocycles. The van der Waals surface area contributed by atoms with Gasteiger partial charge in [-0.2, -0.15) is 0 Å². The Kier molecular flexibility index (Phi) is 6.12. The topological polar surface area (TPSA) is 32.5 Å². The molecule has 1 heterocycles. The van der Waals surface area contributed by atoms with Crippen molar-refractivity contribution in [3.63, 3.8) is 0 Å². The predicted octanol–water partition coefficient (Wildman–Crippen LogP) is 2.02. The number of likely N-dealkylation sites (N-methyl/N-ethyl adjacent to an activating group) is 2. The van der Waals surface area contributed by atoms with Gasteiger partial charge < -0.3 is 10.6 Å². The van der Waals surface area contributed by atoms with Crippen LogP contribution in [-0.2, 0) is 0 Å². The lowest BCUT2D eigenvalue weighted by molar-refractivity contribution is 0.133. The summed E-state index contributed by atoms with van der Waals surface area (Å²) in [7, 11) is 4.24. The third-order valence-electron chi connectivity index (χ3n) is 3.06. The van der Waals surface area contributed by atoms with Crippen molar-refractivity contribution in [3.8, 4) is 0 Å². The molecule has 0 amide bonds. The summed E-state index contributed by atoms with van der Waals surface area (Å²) in [6, 6.07) is 5.17. The average Bonchev–Trinajstić information content (AvgIpc) is 2.77. The molecule has 98 valence electrons. The Labute approximate surface area is 109 Å². The van der Waals surface area contributed by atoms with Gasteiger partial charge in [-0.25, -0.2) is 0 Å². The summed E-state index contributed by atoms with van der Waals surface area (Å²) in [5.41, 5.74) is 5.96. The van der Waals surface area contributed by atoms with Gasteiger partial charge in [-0.3, -0.25) is 4.90 Å². The average molecular weight is 255 g/mol. The molecule has 0 bridgehead atoms. The van der Waals surface area contributed by atoms with Crippen LogP contribution in [0.4, 0.5) is 0 Å². The predicted molar refractivity (Wildman–Crippen MR) is 76.5 cm³/mol. The minimum absolute atomic E-state index is 0.356. The summed E-state index contributed by atoms with van der Waals surface area (Å²) in [6.45, 7) is 7.28. The van der Waals surface area contributed by atoms with E-state index in [9.17, 15) is 0 Å². The second-order valence-corrected chi connectivity index (χ2v) is 5.69. The molecule has 2 N–H and O–H groups in total. The van der Waals surface area contributed by atoms with E-state index < -0.39 is 0 Å². The van der Waals surface area contributed by atoms with Crippen LogP contribution in [0.3, 0.4) is 0 Å². The Morgan fingerprint density at radius 2 is 2.12 bits per heavy atom. The molecule has 2 unspecified atom stereocenters. The highest BCUT2D eigenvalue weighted by Gasteiger charge is 2.23. The van der Waals surface area contributed by atoms with Crippen LogP contribution in [0.1, 0.15) is 24.8 Å². The van der Waals surface area contributed by atoms with Gasteiger partial charge in [-0.15, -0.1) is 11.3 Å². The summed E-state index contributed by atoms with van der Waals surface area (Å²) in [5.74, 6) is 0. The number of thiophene rings is 1. The van der Waals surface area contributed by atoms with E-state index in [4.69, 9.17) is 5.73 Å². The highest BCUT2D eigenvalue weighted by molar-refractivity contribution is 7.10. The van der Waals surface area contributed by atoms with E-state index in [0.29, 0.717) is 18.6 Å². The maximum absolute atomic E-state index is 5.96. The molecule has 2 atom stereocenters. The first-order valence-corrected chi connectivity index (χ1v) is 7.12. The van der Waals surface area contributed by atoms with Crippen molar-refractivity contribution < 1.29 is 0 Å². The fourth-order valence-electron chi connectivity index (χ4n) is 2.37. The molecule has 4 heteroatoms. The third-order valence-corrected chi connectivity index (χ3v) is 4.03. The molecule has 0 aliphatic heterocycles. The number of hydrogen-bond donors (Lipinski definition) is 1.